The van der Waals surface area contributed by atoms with Crippen LogP contribution in [0.1, 0.15) is 120 Å². The van der Waals surface area contributed by atoms with Crippen molar-refractivity contribution in [1.82, 2.24) is 55.7 Å². The molecule has 494 valence electrons. The summed E-state index contributed by atoms with van der Waals surface area (Å²) in [5, 5.41) is 10.5. The van der Waals surface area contributed by atoms with Crippen LogP contribution in [-0.2, 0) is 62.2 Å². The molecule has 29 heteroatoms. The topological polar surface area (TPSA) is 377 Å². The van der Waals surface area contributed by atoms with Crippen molar-refractivity contribution < 1.29 is 76.2 Å². The molecular formula is C62H84N12O17. The first-order valence-corrected chi connectivity index (χ1v) is 30.4. The molecule has 0 saturated carbocycles. The summed E-state index contributed by atoms with van der Waals surface area (Å²) in [7, 11) is 5.41. The molecular weight excluding hydrogens is 1180 g/mol. The molecule has 1 aromatic rings. The summed E-state index contributed by atoms with van der Waals surface area (Å²) in [5.41, 5.74) is 3.31. The Morgan fingerprint density at radius 1 is 0.626 bits per heavy atom. The van der Waals surface area contributed by atoms with Crippen LogP contribution < -0.4 is 32.4 Å². The van der Waals surface area contributed by atoms with E-state index in [9.17, 15) is 57.5 Å². The number of esters is 2. The molecule has 10 unspecified atom stereocenters. The molecule has 91 heavy (non-hydrogen) atoms. The van der Waals surface area contributed by atoms with Gasteiger partial charge in [0.2, 0.25) is 52.7 Å². The van der Waals surface area contributed by atoms with Crippen molar-refractivity contribution in [2.24, 2.45) is 23.7 Å². The Labute approximate surface area is 526 Å². The third-order valence-electron chi connectivity index (χ3n) is 17.4. The number of rotatable bonds is 8. The summed E-state index contributed by atoms with van der Waals surface area (Å²) in [5.74, 6) is -13.8. The SMILES string of the molecule is Cc1c2oc3c(C)ccc(C(=O)NC4C(=O)NC(C(C)C)C(=O)N5CCCC5C(=O)N(C)CC(=O)N(C)C(C(C)C)C(=O)OC4C)c3nc-2c(C(=O)NC2C(=O)NC(C(C)C)C(=O)N3CC(=O)CC3C(=O)N(C)CC(=O)N(C)C(C(C)C)C(=O)OC2C)c(N)c1=O. The molecule has 0 spiro atoms. The molecule has 4 fully saturated rings. The van der Waals surface area contributed by atoms with Gasteiger partial charge in [0.05, 0.1) is 36.4 Å². The minimum Gasteiger partial charge on any atom is -0.458 e. The summed E-state index contributed by atoms with van der Waals surface area (Å²) < 4.78 is 18.2. The van der Waals surface area contributed by atoms with E-state index in [-0.39, 0.29) is 47.4 Å². The van der Waals surface area contributed by atoms with E-state index in [1.165, 1.54) is 70.9 Å². The smallest absolute Gasteiger partial charge is 0.329 e. The van der Waals surface area contributed by atoms with Crippen LogP contribution >= 0.6 is 0 Å². The predicted octanol–water partition coefficient (Wildman–Crippen LogP) is -0.0954. The van der Waals surface area contributed by atoms with Gasteiger partial charge in [-0.05, 0) is 75.8 Å². The number of aryl methyl sites for hydroxylation is 1. The fourth-order valence-corrected chi connectivity index (χ4v) is 12.1. The normalized spacial score (nSPS) is 26.1. The highest BCUT2D eigenvalue weighted by Gasteiger charge is 2.48. The summed E-state index contributed by atoms with van der Waals surface area (Å²) in [4.78, 5) is 212. The molecule has 29 nitrogen and oxygen atoms in total. The molecule has 5 aliphatic heterocycles. The number of carbonyl (C=O) groups is 13. The number of Topliss-reactive ketones (excluding diaryl/α,β-unsaturated/α-hetero) is 1. The average molecular weight is 1270 g/mol. The van der Waals surface area contributed by atoms with Gasteiger partial charge in [0, 0.05) is 46.7 Å². The number of benzene rings is 2. The van der Waals surface area contributed by atoms with Gasteiger partial charge >= 0.3 is 11.9 Å². The van der Waals surface area contributed by atoms with Crippen molar-refractivity contribution in [1.29, 1.82) is 0 Å². The number of anilines is 1. The first-order valence-electron chi connectivity index (χ1n) is 30.4. The molecule has 0 radical (unpaired) electrons. The van der Waals surface area contributed by atoms with Crippen molar-refractivity contribution in [3.05, 3.63) is 44.6 Å². The summed E-state index contributed by atoms with van der Waals surface area (Å²) in [6.45, 7) is 17.2. The van der Waals surface area contributed by atoms with E-state index in [0.29, 0.717) is 12.0 Å². The Morgan fingerprint density at radius 3 is 1.58 bits per heavy atom. The van der Waals surface area contributed by atoms with Gasteiger partial charge in [0.15, 0.2) is 17.1 Å². The third kappa shape index (κ3) is 14.0. The van der Waals surface area contributed by atoms with Crippen LogP contribution in [0.15, 0.2) is 21.3 Å². The van der Waals surface area contributed by atoms with E-state index in [1.807, 2.05) is 0 Å². The number of fused-ring (bicyclic) bond motifs is 4. The van der Waals surface area contributed by atoms with Gasteiger partial charge in [-0.15, -0.1) is 0 Å². The average Bonchev–Trinajstić information content (AvgIpc) is 1.68. The zero-order valence-electron chi connectivity index (χ0n) is 54.3. The lowest BCUT2D eigenvalue weighted by Gasteiger charge is -2.36. The molecule has 0 bridgehead atoms. The number of hydrogen-bond donors (Lipinski definition) is 5. The van der Waals surface area contributed by atoms with Crippen molar-refractivity contribution in [2.75, 3.05) is 60.1 Å². The number of cyclic esters (lactones) is 2. The Morgan fingerprint density at radius 2 is 1.10 bits per heavy atom. The monoisotopic (exact) mass is 1270 g/mol. The maximum atomic E-state index is 15.2. The highest BCUT2D eigenvalue weighted by molar-refractivity contribution is 6.11. The van der Waals surface area contributed by atoms with Crippen LogP contribution in [0.3, 0.4) is 0 Å². The van der Waals surface area contributed by atoms with Crippen LogP contribution in [-0.4, -0.2) is 226 Å². The number of likely N-dealkylation sites (N-methyl/N-ethyl adjacent to an activating group) is 4. The number of ether oxygens (including phenoxy) is 2. The number of ketones is 1. The van der Waals surface area contributed by atoms with Gasteiger partial charge in [0.1, 0.15) is 71.8 Å². The quantitative estimate of drug-likeness (QED) is 0.112. The second-order valence-corrected chi connectivity index (χ2v) is 25.6. The van der Waals surface area contributed by atoms with E-state index < -0.39 is 203 Å². The van der Waals surface area contributed by atoms with Crippen LogP contribution in [0.2, 0.25) is 0 Å². The maximum Gasteiger partial charge on any atom is 0.329 e. The van der Waals surface area contributed by atoms with Crippen molar-refractivity contribution in [2.45, 2.75) is 163 Å². The van der Waals surface area contributed by atoms with Crippen LogP contribution in [0.5, 0.6) is 0 Å². The van der Waals surface area contributed by atoms with Crippen LogP contribution in [0, 0.1) is 37.5 Å². The minimum atomic E-state index is -1.96. The van der Waals surface area contributed by atoms with Crippen LogP contribution in [0.4, 0.5) is 5.69 Å². The fourth-order valence-electron chi connectivity index (χ4n) is 12.1. The van der Waals surface area contributed by atoms with Gasteiger partial charge < -0.3 is 70.3 Å². The Bertz CT molecular complexity index is 3510. The number of nitrogen functional groups attached to an aromatic ring is 1. The third-order valence-corrected chi connectivity index (χ3v) is 17.4. The molecule has 1 aromatic carbocycles. The van der Waals surface area contributed by atoms with E-state index in [2.05, 4.69) is 21.3 Å². The second-order valence-electron chi connectivity index (χ2n) is 25.6. The summed E-state index contributed by atoms with van der Waals surface area (Å²) in [6.07, 6.45) is -2.83. The zero-order valence-corrected chi connectivity index (χ0v) is 54.3. The Kier molecular flexibility index (Phi) is 21.0. The maximum absolute atomic E-state index is 15.2. The number of nitrogens with two attached hydrogens (primary N) is 1. The number of carbonyl (C=O) groups excluding carboxylic acids is 13. The number of nitrogens with one attached hydrogen (secondary N) is 4. The standard InChI is InChI=1S/C62H84N12O17/c1-26(2)42-59(85)73-21-17-18-36(73)57(83)69(13)24-38(76)71(15)48(28(5)6)61(87)89-32(11)44(55(81)65-42)67-53(79)35-20-19-30(9)51-46(35)64-47-40(41(63)50(78)31(10)52(47)91-51)54(80)68-45-33(12)90-62(88)49(29(7)8)72(16)39(77)25-70(14)58(84)37-22-34(75)23-74(37)60(86)43(27(3)4)66-56(45)82/h19-20,26-29,32-33,36-37,42-45,48-49H,17-18,21-25,63H2,1-16H3,(H,65,81)(H,66,82)(H,67,79)(H,68,80). The summed E-state index contributed by atoms with van der Waals surface area (Å²) >= 11 is 0. The molecule has 6 N–H and O–H groups in total. The molecule has 0 aromatic heterocycles. The van der Waals surface area contributed by atoms with Gasteiger partial charge in [-0.25, -0.2) is 14.6 Å². The lowest BCUT2D eigenvalue weighted by atomic mass is 9.98. The molecule has 7 rings (SSSR count). The first kappa shape index (κ1) is 69.4. The molecule has 5 heterocycles. The van der Waals surface area contributed by atoms with E-state index in [0.717, 1.165) is 19.6 Å². The van der Waals surface area contributed by atoms with E-state index in [1.54, 1.807) is 62.3 Å². The molecule has 10 atom stereocenters. The zero-order chi connectivity index (χ0) is 67.8. The Balaban J connectivity index is 1.33. The van der Waals surface area contributed by atoms with Gasteiger partial charge in [-0.1, -0.05) is 61.5 Å². The van der Waals surface area contributed by atoms with Crippen LogP contribution in [0.25, 0.3) is 22.6 Å². The first-order chi connectivity index (χ1) is 42.5. The minimum absolute atomic E-state index is 0.0979. The number of nitrogens with zero attached hydrogens (tertiary/aromatic N) is 7. The Hall–Kier alpha value is -9.05. The second kappa shape index (κ2) is 27.6. The van der Waals surface area contributed by atoms with Crippen molar-refractivity contribution >= 4 is 93.6 Å². The lowest BCUT2D eigenvalue weighted by molar-refractivity contribution is -0.163. The van der Waals surface area contributed by atoms with Gasteiger partial charge in [0.25, 0.3) is 11.8 Å². The van der Waals surface area contributed by atoms with E-state index >= 15 is 9.59 Å². The highest BCUT2D eigenvalue weighted by atomic mass is 16.6. The van der Waals surface area contributed by atoms with E-state index in [4.69, 9.17) is 24.6 Å². The van der Waals surface area contributed by atoms with Gasteiger partial charge in [-0.2, -0.15) is 0 Å². The highest BCUT2D eigenvalue weighted by Crippen LogP contribution is 2.35. The number of aromatic nitrogens is 1. The fraction of sp³-hybridized carbons (Fsp3) is 0.597. The molecule has 1 aliphatic carbocycles. The predicted molar refractivity (Wildman–Crippen MR) is 326 cm³/mol. The number of hydrogen-bond acceptors (Lipinski definition) is 19. The largest absolute Gasteiger partial charge is 0.458 e. The summed E-state index contributed by atoms with van der Waals surface area (Å²) in [6, 6.07) is -8.65. The molecule has 10 amide bonds. The molecule has 4 saturated heterocycles. The van der Waals surface area contributed by atoms with Gasteiger partial charge in [-0.3, -0.25) is 57.5 Å². The lowest BCUT2D eigenvalue weighted by Crippen LogP contribution is -2.61. The molecule has 6 aliphatic rings. The van der Waals surface area contributed by atoms with Crippen molar-refractivity contribution in [3.8, 4) is 11.5 Å². The van der Waals surface area contributed by atoms with Crippen molar-refractivity contribution in [3.63, 3.8) is 0 Å². The number of amides is 10.